The van der Waals surface area contributed by atoms with Crippen LogP contribution in [0, 0.1) is 11.8 Å². The van der Waals surface area contributed by atoms with Gasteiger partial charge in [-0.25, -0.2) is 0 Å². The molecule has 3 fully saturated rings. The molecule has 7 atom stereocenters. The molecule has 0 radical (unpaired) electrons. The average molecular weight is 382 g/mol. The Bertz CT molecular complexity index is 619. The van der Waals surface area contributed by atoms with Crippen LogP contribution in [0.15, 0.2) is 11.6 Å². The van der Waals surface area contributed by atoms with Gasteiger partial charge in [0.25, 0.3) is 0 Å². The Balaban J connectivity index is 1.43. The van der Waals surface area contributed by atoms with E-state index in [2.05, 4.69) is 32.7 Å². The molecule has 1 aliphatic carbocycles. The normalized spacial score (nSPS) is 46.1. The van der Waals surface area contributed by atoms with Gasteiger partial charge in [-0.05, 0) is 71.3 Å². The molecule has 5 N–H and O–H groups in total. The van der Waals surface area contributed by atoms with Crippen molar-refractivity contribution >= 4 is 0 Å². The molecule has 6 nitrogen and oxygen atoms in total. The summed E-state index contributed by atoms with van der Waals surface area (Å²) >= 11 is 0. The van der Waals surface area contributed by atoms with Crippen molar-refractivity contribution in [2.75, 3.05) is 26.7 Å². The molecular formula is C21H39N5O. The summed E-state index contributed by atoms with van der Waals surface area (Å²) in [5.74, 6) is 1.01. The van der Waals surface area contributed by atoms with Crippen molar-refractivity contribution < 1.29 is 10.2 Å². The molecule has 4 aliphatic rings. The van der Waals surface area contributed by atoms with Crippen molar-refractivity contribution in [3.63, 3.8) is 0 Å². The monoisotopic (exact) mass is 381 g/mol. The minimum Gasteiger partial charge on any atom is -0.377 e. The minimum atomic E-state index is -2.20. The smallest absolute Gasteiger partial charge is 0.113 e. The second kappa shape index (κ2) is 9.33. The Morgan fingerprint density at radius 3 is 3.15 bits per heavy atom. The van der Waals surface area contributed by atoms with Gasteiger partial charge < -0.3 is 15.4 Å². The van der Waals surface area contributed by atoms with Crippen LogP contribution in [0.25, 0.3) is 0 Å². The molecule has 154 valence electrons. The Morgan fingerprint density at radius 2 is 2.22 bits per heavy atom. The topological polar surface area (TPSA) is 69.4 Å². The lowest BCUT2D eigenvalue weighted by atomic mass is 9.70. The van der Waals surface area contributed by atoms with E-state index in [9.17, 15) is 0 Å². The predicted molar refractivity (Wildman–Crippen MR) is 109 cm³/mol. The molecule has 3 heterocycles. The number of fused-ring (bicyclic) bond motifs is 1. The second-order valence-electron chi connectivity index (χ2n) is 8.66. The zero-order chi connectivity index (χ0) is 21.8. The van der Waals surface area contributed by atoms with E-state index < -0.39 is 6.98 Å². The van der Waals surface area contributed by atoms with Crippen molar-refractivity contribution in [2.24, 2.45) is 11.8 Å². The van der Waals surface area contributed by atoms with E-state index >= 15 is 0 Å². The molecule has 0 bridgehead atoms. The lowest BCUT2D eigenvalue weighted by Gasteiger charge is -2.47. The van der Waals surface area contributed by atoms with Gasteiger partial charge in [-0.3, -0.25) is 16.0 Å². The molecule has 1 saturated carbocycles. The van der Waals surface area contributed by atoms with Crippen LogP contribution in [0.4, 0.5) is 0 Å². The number of hydrogen-bond acceptors (Lipinski definition) is 6. The van der Waals surface area contributed by atoms with Gasteiger partial charge in [-0.2, -0.15) is 0 Å². The van der Waals surface area contributed by atoms with E-state index in [-0.39, 0.29) is 25.4 Å². The van der Waals surface area contributed by atoms with E-state index in [0.29, 0.717) is 30.4 Å². The van der Waals surface area contributed by atoms with Crippen molar-refractivity contribution in [3.8, 4) is 0 Å². The standard InChI is InChI=1S/C21H39N5O/c1-14-11-19(22-2)26-21(24-14)25-17-12-16-6-4-10-27-20(16)18(13-17)15-5-3-8-23-9-7-15/h7,14,16-26H,3-6,8-13H2,1-2H3/i1D,2D3. The zero-order valence-corrected chi connectivity index (χ0v) is 16.3. The molecule has 0 amide bonds. The van der Waals surface area contributed by atoms with Crippen molar-refractivity contribution in [1.29, 1.82) is 0 Å². The summed E-state index contributed by atoms with van der Waals surface area (Å²) in [6.45, 7) is 0.923. The summed E-state index contributed by atoms with van der Waals surface area (Å²) in [6, 6.07) is 0.285. The molecule has 0 aromatic rings. The summed E-state index contributed by atoms with van der Waals surface area (Å²) in [5, 5.41) is 16.7. The minimum absolute atomic E-state index is 0.0422. The van der Waals surface area contributed by atoms with E-state index in [1.54, 1.807) is 5.57 Å². The third kappa shape index (κ3) is 4.92. The zero-order valence-electron chi connectivity index (χ0n) is 20.3. The maximum absolute atomic E-state index is 7.82. The van der Waals surface area contributed by atoms with Gasteiger partial charge in [-0.15, -0.1) is 0 Å². The Labute approximate surface area is 170 Å². The highest BCUT2D eigenvalue weighted by Crippen LogP contribution is 2.42. The van der Waals surface area contributed by atoms with Crippen LogP contribution in [0.1, 0.15) is 57.3 Å². The third-order valence-corrected chi connectivity index (χ3v) is 6.69. The van der Waals surface area contributed by atoms with Crippen LogP contribution in [0.2, 0.25) is 0 Å². The molecule has 7 unspecified atom stereocenters. The highest BCUT2D eigenvalue weighted by molar-refractivity contribution is 5.15. The molecule has 0 aromatic carbocycles. The van der Waals surface area contributed by atoms with Gasteiger partial charge in [0.1, 0.15) is 6.29 Å². The maximum atomic E-state index is 7.82. The summed E-state index contributed by atoms with van der Waals surface area (Å²) in [5.41, 5.74) is 1.55. The van der Waals surface area contributed by atoms with Crippen LogP contribution in [0.5, 0.6) is 0 Å². The molecule has 4 rings (SSSR count). The molecular weight excluding hydrogens is 338 g/mol. The molecule has 27 heavy (non-hydrogen) atoms. The van der Waals surface area contributed by atoms with Crippen molar-refractivity contribution in [3.05, 3.63) is 11.6 Å². The van der Waals surface area contributed by atoms with Crippen LogP contribution >= 0.6 is 0 Å². The van der Waals surface area contributed by atoms with Crippen molar-refractivity contribution in [2.45, 2.75) is 82.5 Å². The highest BCUT2D eigenvalue weighted by Gasteiger charge is 2.42. The van der Waals surface area contributed by atoms with Crippen LogP contribution < -0.4 is 26.6 Å². The van der Waals surface area contributed by atoms with Gasteiger partial charge in [-0.1, -0.05) is 11.6 Å². The van der Waals surface area contributed by atoms with Gasteiger partial charge in [0.15, 0.2) is 0 Å². The largest absolute Gasteiger partial charge is 0.377 e. The average Bonchev–Trinajstić information content (AvgIpc) is 3.01. The lowest BCUT2D eigenvalue weighted by molar-refractivity contribution is -0.0798. The fourth-order valence-electron chi connectivity index (χ4n) is 5.46. The molecule has 0 spiro atoms. The van der Waals surface area contributed by atoms with E-state index in [4.69, 9.17) is 10.2 Å². The van der Waals surface area contributed by atoms with Gasteiger partial charge in [0.05, 0.1) is 12.3 Å². The molecule has 3 aliphatic heterocycles. The first-order valence-corrected chi connectivity index (χ1v) is 10.8. The SMILES string of the molecule is [2H]CC1CC(NC([2H])([2H])[2H])NC(NC2CC3CCCOC3C(C3=CCNCCC3)C2)N1. The quantitative estimate of drug-likeness (QED) is 0.473. The third-order valence-electron chi connectivity index (χ3n) is 6.69. The summed E-state index contributed by atoms with van der Waals surface area (Å²) in [6.07, 6.45) is 9.52. The van der Waals surface area contributed by atoms with Crippen LogP contribution in [-0.2, 0) is 4.74 Å². The van der Waals surface area contributed by atoms with Crippen LogP contribution in [-0.4, -0.2) is 57.3 Å². The lowest BCUT2D eigenvalue weighted by Crippen LogP contribution is -2.68. The number of hydrogen-bond donors (Lipinski definition) is 5. The first-order valence-electron chi connectivity index (χ1n) is 13.0. The summed E-state index contributed by atoms with van der Waals surface area (Å²) in [7, 11) is 0. The van der Waals surface area contributed by atoms with E-state index in [1.165, 1.54) is 12.8 Å². The Hall–Kier alpha value is -0.500. The molecule has 0 aromatic heterocycles. The number of ether oxygens (including phenoxy) is 1. The summed E-state index contributed by atoms with van der Waals surface area (Å²) < 4.78 is 36.7. The van der Waals surface area contributed by atoms with E-state index in [0.717, 1.165) is 45.4 Å². The predicted octanol–water partition coefficient (Wildman–Crippen LogP) is 1.26. The Morgan fingerprint density at radius 1 is 1.22 bits per heavy atom. The second-order valence-corrected chi connectivity index (χ2v) is 8.66. The molecule has 2 saturated heterocycles. The maximum Gasteiger partial charge on any atom is 0.113 e. The van der Waals surface area contributed by atoms with Gasteiger partial charge in [0.2, 0.25) is 0 Å². The van der Waals surface area contributed by atoms with Gasteiger partial charge >= 0.3 is 0 Å². The Kier molecular flexibility index (Phi) is 5.31. The first-order chi connectivity index (χ1) is 14.9. The first kappa shape index (κ1) is 15.4. The number of rotatable bonds is 4. The van der Waals surface area contributed by atoms with E-state index in [1.807, 2.05) is 0 Å². The fourth-order valence-corrected chi connectivity index (χ4v) is 5.46. The fraction of sp³-hybridized carbons (Fsp3) is 0.905. The summed E-state index contributed by atoms with van der Waals surface area (Å²) in [4.78, 5) is 0. The number of nitrogens with one attached hydrogen (secondary N) is 5. The van der Waals surface area contributed by atoms with Crippen molar-refractivity contribution in [1.82, 2.24) is 26.6 Å². The van der Waals surface area contributed by atoms with Crippen LogP contribution in [0.3, 0.4) is 0 Å². The molecule has 6 heteroatoms. The highest BCUT2D eigenvalue weighted by atomic mass is 16.5. The van der Waals surface area contributed by atoms with Gasteiger partial charge in [0, 0.05) is 36.6 Å².